The minimum atomic E-state index is 0.744. The zero-order valence-electron chi connectivity index (χ0n) is 11.2. The summed E-state index contributed by atoms with van der Waals surface area (Å²) in [7, 11) is 0. The van der Waals surface area contributed by atoms with Gasteiger partial charge < -0.3 is 5.32 Å². The van der Waals surface area contributed by atoms with Crippen molar-refractivity contribution in [3.63, 3.8) is 0 Å². The molecule has 16 heavy (non-hydrogen) atoms. The Bertz CT molecular complexity index is 211. The largest absolute Gasteiger partial charge is 0.311 e. The summed E-state index contributed by atoms with van der Waals surface area (Å²) in [6.45, 7) is 9.57. The molecule has 2 nitrogen and oxygen atoms in total. The van der Waals surface area contributed by atoms with E-state index in [1.165, 1.54) is 45.2 Å². The Balaban J connectivity index is 1.92. The lowest BCUT2D eigenvalue weighted by molar-refractivity contribution is 0.0739. The van der Waals surface area contributed by atoms with Crippen LogP contribution in [0.25, 0.3) is 0 Å². The quantitative estimate of drug-likeness (QED) is 0.772. The summed E-state index contributed by atoms with van der Waals surface area (Å²) in [6, 6.07) is 2.35. The van der Waals surface area contributed by atoms with Crippen molar-refractivity contribution in [1.82, 2.24) is 10.2 Å². The van der Waals surface area contributed by atoms with Gasteiger partial charge in [0.15, 0.2) is 0 Å². The van der Waals surface area contributed by atoms with E-state index in [-0.39, 0.29) is 0 Å². The highest BCUT2D eigenvalue weighted by Crippen LogP contribution is 2.36. The number of hydrogen-bond donors (Lipinski definition) is 1. The number of hydrogen-bond acceptors (Lipinski definition) is 2. The van der Waals surface area contributed by atoms with E-state index in [0.29, 0.717) is 0 Å². The van der Waals surface area contributed by atoms with Gasteiger partial charge in [-0.05, 0) is 38.5 Å². The van der Waals surface area contributed by atoms with Crippen molar-refractivity contribution in [3.8, 4) is 0 Å². The van der Waals surface area contributed by atoms with Crippen LogP contribution in [0.5, 0.6) is 0 Å². The first-order valence-corrected chi connectivity index (χ1v) is 7.25. The summed E-state index contributed by atoms with van der Waals surface area (Å²) in [5.74, 6) is 1.01. The van der Waals surface area contributed by atoms with Gasteiger partial charge in [0.25, 0.3) is 0 Å². The lowest BCUT2D eigenvalue weighted by Gasteiger charge is -2.43. The predicted octanol–water partition coefficient (Wildman–Crippen LogP) is 2.64. The Hall–Kier alpha value is -0.0800. The van der Waals surface area contributed by atoms with E-state index in [4.69, 9.17) is 0 Å². The van der Waals surface area contributed by atoms with E-state index in [1.807, 2.05) is 0 Å². The third-order valence-corrected chi connectivity index (χ3v) is 4.48. The Morgan fingerprint density at radius 3 is 2.62 bits per heavy atom. The average molecular weight is 224 g/mol. The maximum absolute atomic E-state index is 3.72. The molecule has 3 atom stereocenters. The third kappa shape index (κ3) is 2.78. The maximum atomic E-state index is 3.72. The van der Waals surface area contributed by atoms with E-state index < -0.39 is 0 Å². The zero-order valence-corrected chi connectivity index (χ0v) is 11.2. The molecule has 1 saturated carbocycles. The van der Waals surface area contributed by atoms with Gasteiger partial charge in [-0.1, -0.05) is 20.3 Å². The van der Waals surface area contributed by atoms with Gasteiger partial charge in [-0.25, -0.2) is 0 Å². The fraction of sp³-hybridized carbons (Fsp3) is 1.00. The number of nitrogens with zero attached hydrogens (tertiary/aromatic N) is 1. The second-order valence-electron chi connectivity index (χ2n) is 5.73. The highest BCUT2D eigenvalue weighted by molar-refractivity contribution is 4.93. The summed E-state index contributed by atoms with van der Waals surface area (Å²) < 4.78 is 0. The molecule has 1 N–H and O–H groups in total. The minimum Gasteiger partial charge on any atom is -0.311 e. The van der Waals surface area contributed by atoms with Crippen molar-refractivity contribution >= 4 is 0 Å². The number of piperazine rings is 1. The molecule has 3 unspecified atom stereocenters. The summed E-state index contributed by atoms with van der Waals surface area (Å²) in [6.07, 6.45) is 6.88. The monoisotopic (exact) mass is 224 g/mol. The molecule has 0 aromatic carbocycles. The van der Waals surface area contributed by atoms with Crippen molar-refractivity contribution < 1.29 is 0 Å². The molecular weight excluding hydrogens is 196 g/mol. The molecular formula is C14H28N2. The van der Waals surface area contributed by atoms with Crippen molar-refractivity contribution in [1.29, 1.82) is 0 Å². The lowest BCUT2D eigenvalue weighted by Crippen LogP contribution is -2.59. The zero-order chi connectivity index (χ0) is 11.5. The van der Waals surface area contributed by atoms with Crippen LogP contribution in [0.1, 0.15) is 52.9 Å². The van der Waals surface area contributed by atoms with Crippen molar-refractivity contribution in [3.05, 3.63) is 0 Å². The molecule has 2 rings (SSSR count). The normalized spacial score (nSPS) is 33.9. The summed E-state index contributed by atoms with van der Waals surface area (Å²) >= 11 is 0. The van der Waals surface area contributed by atoms with Crippen LogP contribution in [0.15, 0.2) is 0 Å². The smallest absolute Gasteiger partial charge is 0.0221 e. The van der Waals surface area contributed by atoms with Crippen molar-refractivity contribution in [2.24, 2.45) is 5.92 Å². The average Bonchev–Trinajstić information content (AvgIpc) is 3.12. The van der Waals surface area contributed by atoms with E-state index in [2.05, 4.69) is 31.0 Å². The van der Waals surface area contributed by atoms with Crippen LogP contribution in [-0.2, 0) is 0 Å². The molecule has 0 bridgehead atoms. The molecule has 0 spiro atoms. The van der Waals surface area contributed by atoms with Crippen LogP contribution in [0.4, 0.5) is 0 Å². The first-order chi connectivity index (χ1) is 7.76. The SMILES string of the molecule is CCCC1CN(C(C)C2CC2)C(CC)CN1. The molecule has 0 radical (unpaired) electrons. The first-order valence-electron chi connectivity index (χ1n) is 7.25. The lowest BCUT2D eigenvalue weighted by atomic mass is 10.00. The second kappa shape index (κ2) is 5.50. The van der Waals surface area contributed by atoms with Crippen LogP contribution in [0.2, 0.25) is 0 Å². The highest BCUT2D eigenvalue weighted by atomic mass is 15.3. The summed E-state index contributed by atoms with van der Waals surface area (Å²) in [5, 5.41) is 3.72. The van der Waals surface area contributed by atoms with Gasteiger partial charge in [-0.3, -0.25) is 4.90 Å². The second-order valence-corrected chi connectivity index (χ2v) is 5.73. The van der Waals surface area contributed by atoms with Crippen LogP contribution in [-0.4, -0.2) is 36.1 Å². The molecule has 1 heterocycles. The number of rotatable bonds is 5. The van der Waals surface area contributed by atoms with Gasteiger partial charge in [0.2, 0.25) is 0 Å². The molecule has 94 valence electrons. The molecule has 2 aliphatic rings. The standard InChI is InChI=1S/C14H28N2/c1-4-6-13-10-16(11(3)12-7-8-12)14(5-2)9-15-13/h11-15H,4-10H2,1-3H3. The Morgan fingerprint density at radius 2 is 2.06 bits per heavy atom. The molecule has 0 aromatic heterocycles. The molecule has 1 aliphatic carbocycles. The Morgan fingerprint density at radius 1 is 1.31 bits per heavy atom. The van der Waals surface area contributed by atoms with Crippen LogP contribution in [0, 0.1) is 5.92 Å². The maximum Gasteiger partial charge on any atom is 0.0221 e. The molecule has 1 saturated heterocycles. The molecule has 2 heteroatoms. The van der Waals surface area contributed by atoms with E-state index in [0.717, 1.165) is 24.0 Å². The van der Waals surface area contributed by atoms with Gasteiger partial charge in [0.05, 0.1) is 0 Å². The van der Waals surface area contributed by atoms with E-state index in [9.17, 15) is 0 Å². The minimum absolute atomic E-state index is 0.744. The van der Waals surface area contributed by atoms with Crippen LogP contribution < -0.4 is 5.32 Å². The third-order valence-electron chi connectivity index (χ3n) is 4.48. The molecule has 2 fully saturated rings. The van der Waals surface area contributed by atoms with Crippen molar-refractivity contribution in [2.45, 2.75) is 71.0 Å². The van der Waals surface area contributed by atoms with Crippen LogP contribution in [0.3, 0.4) is 0 Å². The van der Waals surface area contributed by atoms with Gasteiger partial charge in [-0.15, -0.1) is 0 Å². The molecule has 0 aromatic rings. The van der Waals surface area contributed by atoms with Gasteiger partial charge >= 0.3 is 0 Å². The topological polar surface area (TPSA) is 15.3 Å². The van der Waals surface area contributed by atoms with E-state index >= 15 is 0 Å². The predicted molar refractivity (Wildman–Crippen MR) is 69.7 cm³/mol. The van der Waals surface area contributed by atoms with Gasteiger partial charge in [-0.2, -0.15) is 0 Å². The number of nitrogens with one attached hydrogen (secondary N) is 1. The summed E-state index contributed by atoms with van der Waals surface area (Å²) in [5.41, 5.74) is 0. The fourth-order valence-corrected chi connectivity index (χ4v) is 3.16. The van der Waals surface area contributed by atoms with Crippen LogP contribution >= 0.6 is 0 Å². The molecule has 1 aliphatic heterocycles. The van der Waals surface area contributed by atoms with Gasteiger partial charge in [0, 0.05) is 31.2 Å². The fourth-order valence-electron chi connectivity index (χ4n) is 3.16. The highest BCUT2D eigenvalue weighted by Gasteiger charge is 2.37. The van der Waals surface area contributed by atoms with Gasteiger partial charge in [0.1, 0.15) is 0 Å². The molecule has 0 amide bonds. The first kappa shape index (κ1) is 12.4. The van der Waals surface area contributed by atoms with E-state index in [1.54, 1.807) is 0 Å². The Labute approximate surface area is 101 Å². The summed E-state index contributed by atoms with van der Waals surface area (Å²) in [4.78, 5) is 2.80. The van der Waals surface area contributed by atoms with Crippen molar-refractivity contribution in [2.75, 3.05) is 13.1 Å². The Kier molecular flexibility index (Phi) is 4.26.